The Kier molecular flexibility index (Phi) is 10.8. The molecule has 2 aliphatic rings. The maximum absolute atomic E-state index is 14.5. The van der Waals surface area contributed by atoms with Crippen LogP contribution in [0.5, 0.6) is 11.5 Å². The quantitative estimate of drug-likeness (QED) is 0.158. The van der Waals surface area contributed by atoms with E-state index in [0.717, 1.165) is 11.1 Å². The summed E-state index contributed by atoms with van der Waals surface area (Å²) >= 11 is 0. The Morgan fingerprint density at radius 2 is 1.65 bits per heavy atom. The van der Waals surface area contributed by atoms with Crippen LogP contribution in [0.1, 0.15) is 60.6 Å². The number of para-hydroxylation sites is 1. The second-order valence-corrected chi connectivity index (χ2v) is 12.8. The zero-order valence-corrected chi connectivity index (χ0v) is 28.7. The zero-order valence-electron chi connectivity index (χ0n) is 28.7. The normalized spacial score (nSPS) is 17.6. The Hall–Kier alpha value is -5.84. The van der Waals surface area contributed by atoms with Crippen molar-refractivity contribution in [3.63, 3.8) is 0 Å². The summed E-state index contributed by atoms with van der Waals surface area (Å²) < 4.78 is 28.3. The maximum atomic E-state index is 14.5. The van der Waals surface area contributed by atoms with Crippen molar-refractivity contribution in [2.75, 3.05) is 18.7 Å². The van der Waals surface area contributed by atoms with E-state index in [1.54, 1.807) is 43.0 Å². The van der Waals surface area contributed by atoms with Crippen LogP contribution in [0, 0.1) is 5.92 Å². The fourth-order valence-electron chi connectivity index (χ4n) is 6.26. The summed E-state index contributed by atoms with van der Waals surface area (Å²) in [6, 6.07) is 27.1. The van der Waals surface area contributed by atoms with Gasteiger partial charge in [0.15, 0.2) is 23.4 Å². The first-order chi connectivity index (χ1) is 24.7. The number of hydrogen-bond acceptors (Lipinski definition) is 9. The molecule has 3 heterocycles. The summed E-state index contributed by atoms with van der Waals surface area (Å²) in [5.41, 5.74) is 2.39. The average Bonchev–Trinajstić information content (AvgIpc) is 3.89. The number of nitrogens with zero attached hydrogens (tertiary/aromatic N) is 1. The average molecular weight is 693 g/mol. The first kappa shape index (κ1) is 35.0. The standard InChI is InChI=1S/C40H40N2O9/c1-25(2)49-40(46)32-23-36(43)51-37(32)39(45)42(20-10-13-27-11-6-4-7-12-27)26(3)31(28-16-18-33-35(21-28)48-24-47-33)22-30-17-19-34(50-30)38(44)41-29-14-8-5-9-15-29/h4-19,21,25-26,31-32,37H,20,22-24H2,1-3H3,(H,41,44)/b13-10+. The molecule has 0 radical (unpaired) electrons. The molecule has 1 aromatic heterocycles. The maximum Gasteiger partial charge on any atom is 0.314 e. The fourth-order valence-corrected chi connectivity index (χ4v) is 6.26. The number of amides is 2. The molecule has 2 aliphatic heterocycles. The van der Waals surface area contributed by atoms with E-state index in [1.807, 2.05) is 85.8 Å². The smallest absolute Gasteiger partial charge is 0.314 e. The summed E-state index contributed by atoms with van der Waals surface area (Å²) in [6.45, 7) is 5.53. The van der Waals surface area contributed by atoms with Gasteiger partial charge in [-0.2, -0.15) is 0 Å². The molecule has 1 N–H and O–H groups in total. The molecule has 1 fully saturated rings. The van der Waals surface area contributed by atoms with Crippen molar-refractivity contribution in [3.8, 4) is 11.5 Å². The number of benzene rings is 3. The lowest BCUT2D eigenvalue weighted by Gasteiger charge is -2.36. The van der Waals surface area contributed by atoms with E-state index >= 15 is 0 Å². The number of ether oxygens (including phenoxy) is 4. The Morgan fingerprint density at radius 1 is 0.922 bits per heavy atom. The van der Waals surface area contributed by atoms with Crippen molar-refractivity contribution in [2.45, 2.75) is 57.8 Å². The van der Waals surface area contributed by atoms with Crippen molar-refractivity contribution in [3.05, 3.63) is 120 Å². The number of esters is 2. The number of anilines is 1. The molecule has 264 valence electrons. The van der Waals surface area contributed by atoms with Gasteiger partial charge in [0.2, 0.25) is 6.79 Å². The van der Waals surface area contributed by atoms with Crippen molar-refractivity contribution >= 4 is 35.5 Å². The van der Waals surface area contributed by atoms with Gasteiger partial charge in [0.1, 0.15) is 11.7 Å². The monoisotopic (exact) mass is 692 g/mol. The minimum atomic E-state index is -1.36. The number of furan rings is 1. The van der Waals surface area contributed by atoms with Crippen LogP contribution in [-0.4, -0.2) is 60.2 Å². The first-order valence-corrected chi connectivity index (χ1v) is 16.9. The summed E-state index contributed by atoms with van der Waals surface area (Å²) in [4.78, 5) is 54.8. The minimum Gasteiger partial charge on any atom is -0.463 e. The van der Waals surface area contributed by atoms with Crippen LogP contribution in [-0.2, 0) is 30.3 Å². The molecule has 3 aromatic carbocycles. The van der Waals surface area contributed by atoms with Gasteiger partial charge in [0, 0.05) is 30.6 Å². The van der Waals surface area contributed by atoms with Crippen molar-refractivity contribution in [2.24, 2.45) is 5.92 Å². The second-order valence-electron chi connectivity index (χ2n) is 12.8. The van der Waals surface area contributed by atoms with Gasteiger partial charge in [-0.3, -0.25) is 19.2 Å². The summed E-state index contributed by atoms with van der Waals surface area (Å²) in [7, 11) is 0. The lowest BCUT2D eigenvalue weighted by molar-refractivity contribution is -0.162. The molecule has 0 aliphatic carbocycles. The number of cyclic esters (lactones) is 1. The third-order valence-corrected chi connectivity index (χ3v) is 8.84. The minimum absolute atomic E-state index is 0.0902. The molecular weight excluding hydrogens is 652 g/mol. The Balaban J connectivity index is 1.33. The number of rotatable bonds is 13. The largest absolute Gasteiger partial charge is 0.463 e. The molecule has 0 spiro atoms. The van der Waals surface area contributed by atoms with E-state index in [-0.39, 0.29) is 31.9 Å². The molecule has 0 bridgehead atoms. The highest BCUT2D eigenvalue weighted by Gasteiger charge is 2.48. The number of fused-ring (bicyclic) bond motifs is 1. The molecule has 4 atom stereocenters. The molecule has 4 aromatic rings. The number of carbonyl (C=O) groups excluding carboxylic acids is 4. The lowest BCUT2D eigenvalue weighted by atomic mass is 9.86. The molecule has 1 saturated heterocycles. The third-order valence-electron chi connectivity index (χ3n) is 8.84. The van der Waals surface area contributed by atoms with Crippen LogP contribution in [0.4, 0.5) is 5.69 Å². The van der Waals surface area contributed by atoms with E-state index in [2.05, 4.69) is 5.32 Å². The summed E-state index contributed by atoms with van der Waals surface area (Å²) in [6.07, 6.45) is 2.00. The van der Waals surface area contributed by atoms with Crippen LogP contribution in [0.25, 0.3) is 6.08 Å². The fraction of sp³-hybridized carbons (Fsp3) is 0.300. The van der Waals surface area contributed by atoms with Gasteiger partial charge in [-0.1, -0.05) is 66.7 Å². The highest BCUT2D eigenvalue weighted by Crippen LogP contribution is 2.38. The highest BCUT2D eigenvalue weighted by atomic mass is 16.7. The molecule has 51 heavy (non-hydrogen) atoms. The van der Waals surface area contributed by atoms with Gasteiger partial charge in [-0.15, -0.1) is 0 Å². The van der Waals surface area contributed by atoms with Crippen molar-refractivity contribution < 1.29 is 42.5 Å². The molecular formula is C40H40N2O9. The van der Waals surface area contributed by atoms with Crippen LogP contribution < -0.4 is 14.8 Å². The predicted molar refractivity (Wildman–Crippen MR) is 188 cm³/mol. The van der Waals surface area contributed by atoms with Crippen LogP contribution in [0.15, 0.2) is 101 Å². The van der Waals surface area contributed by atoms with Crippen LogP contribution in [0.2, 0.25) is 0 Å². The first-order valence-electron chi connectivity index (χ1n) is 16.9. The van der Waals surface area contributed by atoms with E-state index in [9.17, 15) is 19.2 Å². The van der Waals surface area contributed by atoms with Gasteiger partial charge in [-0.25, -0.2) is 0 Å². The summed E-state index contributed by atoms with van der Waals surface area (Å²) in [5, 5.41) is 2.83. The molecule has 2 amide bonds. The van der Waals surface area contributed by atoms with Gasteiger partial charge >= 0.3 is 11.9 Å². The molecule has 11 nitrogen and oxygen atoms in total. The Labute approximate surface area is 296 Å². The number of carbonyl (C=O) groups is 4. The van der Waals surface area contributed by atoms with E-state index in [4.69, 9.17) is 23.4 Å². The van der Waals surface area contributed by atoms with Gasteiger partial charge in [-0.05, 0) is 68.3 Å². The Bertz CT molecular complexity index is 1890. The van der Waals surface area contributed by atoms with Gasteiger partial charge in [0.05, 0.1) is 12.5 Å². The lowest BCUT2D eigenvalue weighted by Crippen LogP contribution is -2.50. The SMILES string of the molecule is CC(C)OC(=O)C1CC(=O)OC1C(=O)N(C/C=C/c1ccccc1)C(C)C(Cc1ccc(C(=O)Nc2ccccc2)o1)c1ccc2c(c1)OCO2. The zero-order chi connectivity index (χ0) is 35.9. The molecule has 0 saturated carbocycles. The highest BCUT2D eigenvalue weighted by molar-refractivity contribution is 6.02. The van der Waals surface area contributed by atoms with Gasteiger partial charge < -0.3 is 33.6 Å². The van der Waals surface area contributed by atoms with Crippen LogP contribution >= 0.6 is 0 Å². The molecule has 11 heteroatoms. The predicted octanol–water partition coefficient (Wildman–Crippen LogP) is 6.40. The van der Waals surface area contributed by atoms with E-state index in [0.29, 0.717) is 22.9 Å². The molecule has 6 rings (SSSR count). The topological polar surface area (TPSA) is 134 Å². The second kappa shape index (κ2) is 15.8. The Morgan fingerprint density at radius 3 is 2.39 bits per heavy atom. The summed E-state index contributed by atoms with van der Waals surface area (Å²) in [5.74, 6) is -1.91. The van der Waals surface area contributed by atoms with E-state index < -0.39 is 53.8 Å². The van der Waals surface area contributed by atoms with Gasteiger partial charge in [0.25, 0.3) is 11.8 Å². The van der Waals surface area contributed by atoms with Crippen molar-refractivity contribution in [1.29, 1.82) is 0 Å². The number of nitrogens with one attached hydrogen (secondary N) is 1. The van der Waals surface area contributed by atoms with Crippen LogP contribution in [0.3, 0.4) is 0 Å². The molecule has 4 unspecified atom stereocenters. The number of hydrogen-bond donors (Lipinski definition) is 1. The third kappa shape index (κ3) is 8.49. The van der Waals surface area contributed by atoms with Crippen molar-refractivity contribution in [1.82, 2.24) is 4.90 Å². The van der Waals surface area contributed by atoms with E-state index in [1.165, 1.54) is 0 Å².